The van der Waals surface area contributed by atoms with Crippen molar-refractivity contribution in [1.82, 2.24) is 19.4 Å². The lowest BCUT2D eigenvalue weighted by Gasteiger charge is -2.19. The molecule has 8 heteroatoms. The van der Waals surface area contributed by atoms with Crippen molar-refractivity contribution in [3.63, 3.8) is 0 Å². The predicted molar refractivity (Wildman–Crippen MR) is 93.1 cm³/mol. The Morgan fingerprint density at radius 1 is 1.24 bits per heavy atom. The second-order valence-electron chi connectivity index (χ2n) is 6.52. The SMILES string of the molecule is CC(C)(C)n1ncc2c(=O)n(NC(=O)COc3ccccc3)cnc21. The molecule has 0 spiro atoms. The van der Waals surface area contributed by atoms with Crippen LogP contribution in [-0.2, 0) is 10.3 Å². The Balaban J connectivity index is 1.77. The Morgan fingerprint density at radius 2 is 1.96 bits per heavy atom. The number of nitrogens with one attached hydrogen (secondary N) is 1. The molecule has 130 valence electrons. The number of fused-ring (bicyclic) bond motifs is 1. The van der Waals surface area contributed by atoms with Crippen LogP contribution in [0.4, 0.5) is 0 Å². The first-order chi connectivity index (χ1) is 11.9. The molecular formula is C17H19N5O3. The van der Waals surface area contributed by atoms with Gasteiger partial charge in [-0.2, -0.15) is 5.10 Å². The second-order valence-corrected chi connectivity index (χ2v) is 6.52. The molecule has 2 aromatic heterocycles. The minimum atomic E-state index is -0.463. The Kier molecular flexibility index (Phi) is 4.26. The molecule has 0 atom stereocenters. The summed E-state index contributed by atoms with van der Waals surface area (Å²) in [5.41, 5.74) is 2.24. The number of benzene rings is 1. The summed E-state index contributed by atoms with van der Waals surface area (Å²) in [4.78, 5) is 28.7. The van der Waals surface area contributed by atoms with Crippen molar-refractivity contribution in [2.45, 2.75) is 26.3 Å². The monoisotopic (exact) mass is 341 g/mol. The van der Waals surface area contributed by atoms with E-state index in [9.17, 15) is 9.59 Å². The highest BCUT2D eigenvalue weighted by Crippen LogP contribution is 2.17. The third-order valence-electron chi connectivity index (χ3n) is 3.48. The van der Waals surface area contributed by atoms with Crippen molar-refractivity contribution >= 4 is 16.9 Å². The molecule has 0 unspecified atom stereocenters. The molecule has 0 bridgehead atoms. The van der Waals surface area contributed by atoms with Crippen molar-refractivity contribution in [2.24, 2.45) is 0 Å². The minimum Gasteiger partial charge on any atom is -0.484 e. The first-order valence-corrected chi connectivity index (χ1v) is 7.80. The number of carbonyl (C=O) groups excluding carboxylic acids is 1. The van der Waals surface area contributed by atoms with Crippen molar-refractivity contribution in [3.8, 4) is 5.75 Å². The molecule has 25 heavy (non-hydrogen) atoms. The van der Waals surface area contributed by atoms with Crippen molar-refractivity contribution in [1.29, 1.82) is 0 Å². The van der Waals surface area contributed by atoms with E-state index in [-0.39, 0.29) is 12.1 Å². The summed E-state index contributed by atoms with van der Waals surface area (Å²) in [5, 5.41) is 4.56. The molecule has 0 radical (unpaired) electrons. The van der Waals surface area contributed by atoms with Crippen molar-refractivity contribution < 1.29 is 9.53 Å². The van der Waals surface area contributed by atoms with E-state index < -0.39 is 11.5 Å². The molecule has 8 nitrogen and oxygen atoms in total. The van der Waals surface area contributed by atoms with E-state index in [0.29, 0.717) is 16.8 Å². The fraction of sp³-hybridized carbons (Fsp3) is 0.294. The van der Waals surface area contributed by atoms with Crippen LogP contribution in [0.5, 0.6) is 5.75 Å². The van der Waals surface area contributed by atoms with Crippen LogP contribution in [0, 0.1) is 0 Å². The molecule has 1 amide bonds. The molecule has 1 aromatic carbocycles. The topological polar surface area (TPSA) is 91.0 Å². The van der Waals surface area contributed by atoms with Gasteiger partial charge in [0, 0.05) is 0 Å². The number of carbonyl (C=O) groups is 1. The summed E-state index contributed by atoms with van der Waals surface area (Å²) in [5.74, 6) is 0.111. The number of hydrogen-bond acceptors (Lipinski definition) is 5. The number of hydrogen-bond donors (Lipinski definition) is 1. The zero-order chi connectivity index (χ0) is 18.0. The van der Waals surface area contributed by atoms with Gasteiger partial charge in [0.05, 0.1) is 11.7 Å². The number of para-hydroxylation sites is 1. The molecule has 1 N–H and O–H groups in total. The van der Waals surface area contributed by atoms with Gasteiger partial charge in [-0.3, -0.25) is 15.0 Å². The Bertz CT molecular complexity index is 954. The summed E-state index contributed by atoms with van der Waals surface area (Å²) in [6.45, 7) is 5.69. The summed E-state index contributed by atoms with van der Waals surface area (Å²) in [6, 6.07) is 8.96. The molecule has 0 saturated carbocycles. The molecule has 0 aliphatic heterocycles. The molecule has 0 aliphatic rings. The van der Waals surface area contributed by atoms with Crippen LogP contribution in [0.25, 0.3) is 11.0 Å². The Labute approximate surface area is 144 Å². The maximum absolute atomic E-state index is 12.5. The van der Waals surface area contributed by atoms with E-state index in [0.717, 1.165) is 4.68 Å². The van der Waals surface area contributed by atoms with Gasteiger partial charge in [0.25, 0.3) is 11.5 Å². The molecule has 0 aliphatic carbocycles. The van der Waals surface area contributed by atoms with Gasteiger partial charge in [0.1, 0.15) is 17.5 Å². The highest BCUT2D eigenvalue weighted by molar-refractivity contribution is 5.85. The second kappa shape index (κ2) is 6.39. The van der Waals surface area contributed by atoms with Gasteiger partial charge in [-0.25, -0.2) is 14.3 Å². The zero-order valence-corrected chi connectivity index (χ0v) is 14.3. The van der Waals surface area contributed by atoms with Crippen LogP contribution < -0.4 is 15.7 Å². The van der Waals surface area contributed by atoms with Gasteiger partial charge in [-0.1, -0.05) is 18.2 Å². The smallest absolute Gasteiger partial charge is 0.283 e. The normalized spacial score (nSPS) is 11.5. The first kappa shape index (κ1) is 16.7. The average molecular weight is 341 g/mol. The lowest BCUT2D eigenvalue weighted by Crippen LogP contribution is -2.36. The third-order valence-corrected chi connectivity index (χ3v) is 3.48. The minimum absolute atomic E-state index is 0.213. The molecule has 0 fully saturated rings. The van der Waals surface area contributed by atoms with Crippen LogP contribution in [0.15, 0.2) is 47.7 Å². The molecule has 3 aromatic rings. The number of aromatic nitrogens is 4. The third kappa shape index (κ3) is 3.52. The molecule has 2 heterocycles. The lowest BCUT2D eigenvalue weighted by molar-refractivity contribution is -0.119. The molecule has 3 rings (SSSR count). The fourth-order valence-electron chi connectivity index (χ4n) is 2.31. The van der Waals surface area contributed by atoms with E-state index in [1.807, 2.05) is 39.0 Å². The van der Waals surface area contributed by atoms with Crippen molar-refractivity contribution in [2.75, 3.05) is 12.0 Å². The number of ether oxygens (including phenoxy) is 1. The Morgan fingerprint density at radius 3 is 2.64 bits per heavy atom. The van der Waals surface area contributed by atoms with Gasteiger partial charge in [0.15, 0.2) is 12.3 Å². The van der Waals surface area contributed by atoms with Crippen LogP contribution in [0.1, 0.15) is 20.8 Å². The van der Waals surface area contributed by atoms with Crippen molar-refractivity contribution in [3.05, 3.63) is 53.2 Å². The van der Waals surface area contributed by atoms with Gasteiger partial charge < -0.3 is 4.74 Å². The van der Waals surface area contributed by atoms with E-state index in [1.165, 1.54) is 12.5 Å². The largest absolute Gasteiger partial charge is 0.484 e. The van der Waals surface area contributed by atoms with Crippen LogP contribution in [0.3, 0.4) is 0 Å². The van der Waals surface area contributed by atoms with Crippen LogP contribution in [0.2, 0.25) is 0 Å². The number of amides is 1. The summed E-state index contributed by atoms with van der Waals surface area (Å²) in [7, 11) is 0. The maximum atomic E-state index is 12.5. The van der Waals surface area contributed by atoms with Crippen LogP contribution >= 0.6 is 0 Å². The van der Waals surface area contributed by atoms with Crippen LogP contribution in [-0.4, -0.2) is 32.0 Å². The van der Waals surface area contributed by atoms with E-state index >= 15 is 0 Å². The Hall–Kier alpha value is -3.16. The number of nitrogens with zero attached hydrogens (tertiary/aromatic N) is 4. The predicted octanol–water partition coefficient (Wildman–Crippen LogP) is 1.50. The highest BCUT2D eigenvalue weighted by Gasteiger charge is 2.20. The first-order valence-electron chi connectivity index (χ1n) is 7.80. The van der Waals surface area contributed by atoms with Gasteiger partial charge in [0.2, 0.25) is 0 Å². The summed E-state index contributed by atoms with van der Waals surface area (Å²) < 4.78 is 8.06. The summed E-state index contributed by atoms with van der Waals surface area (Å²) in [6.07, 6.45) is 2.73. The van der Waals surface area contributed by atoms with E-state index in [2.05, 4.69) is 15.5 Å². The lowest BCUT2D eigenvalue weighted by atomic mass is 10.1. The zero-order valence-electron chi connectivity index (χ0n) is 14.3. The van der Waals surface area contributed by atoms with E-state index in [1.54, 1.807) is 16.8 Å². The highest BCUT2D eigenvalue weighted by atomic mass is 16.5. The maximum Gasteiger partial charge on any atom is 0.283 e. The molecular weight excluding hydrogens is 322 g/mol. The van der Waals surface area contributed by atoms with Gasteiger partial charge in [-0.05, 0) is 32.9 Å². The quantitative estimate of drug-likeness (QED) is 0.776. The fourth-order valence-corrected chi connectivity index (χ4v) is 2.31. The van der Waals surface area contributed by atoms with Gasteiger partial charge >= 0.3 is 0 Å². The molecule has 0 saturated heterocycles. The average Bonchev–Trinajstić information content (AvgIpc) is 3.02. The standard InChI is InChI=1S/C17H19N5O3/c1-17(2,3)22-15-13(9-19-22)16(24)21(11-18-15)20-14(23)10-25-12-7-5-4-6-8-12/h4-9,11H,10H2,1-3H3,(H,20,23). The van der Waals surface area contributed by atoms with Gasteiger partial charge in [-0.15, -0.1) is 0 Å². The van der Waals surface area contributed by atoms with E-state index in [4.69, 9.17) is 4.74 Å². The summed E-state index contributed by atoms with van der Waals surface area (Å²) >= 11 is 0. The number of rotatable bonds is 4.